The van der Waals surface area contributed by atoms with Gasteiger partial charge in [0.05, 0.1) is 29.2 Å². The van der Waals surface area contributed by atoms with Crippen molar-refractivity contribution in [1.29, 1.82) is 5.26 Å². The van der Waals surface area contributed by atoms with Crippen LogP contribution in [0.1, 0.15) is 73.2 Å². The molecule has 2 aromatic heterocycles. The average Bonchev–Trinajstić information content (AvgIpc) is 3.64. The number of ether oxygens (including phenoxy) is 1. The van der Waals surface area contributed by atoms with E-state index in [0.29, 0.717) is 40.1 Å². The zero-order valence-corrected chi connectivity index (χ0v) is 23.6. The highest BCUT2D eigenvalue weighted by molar-refractivity contribution is 7.28. The number of aromatic nitrogens is 2. The van der Waals surface area contributed by atoms with Crippen molar-refractivity contribution in [3.63, 3.8) is 0 Å². The number of nitrogens with zero attached hydrogens (tertiary/aromatic N) is 4. The largest absolute Gasteiger partial charge is 0.389 e. The van der Waals surface area contributed by atoms with Crippen molar-refractivity contribution in [2.24, 2.45) is 5.92 Å². The third kappa shape index (κ3) is 4.24. The number of nitrogens with two attached hydrogens (primary N) is 1. The van der Waals surface area contributed by atoms with Gasteiger partial charge in [-0.15, -0.1) is 20.6 Å². The zero-order valence-electron chi connectivity index (χ0n) is 21.6. The lowest BCUT2D eigenvalue weighted by Gasteiger charge is -2.22. The number of nitrogen functional groups attached to an aromatic ring is 1. The zero-order chi connectivity index (χ0) is 26.4. The van der Waals surface area contributed by atoms with Crippen LogP contribution in [0, 0.1) is 17.2 Å². The second-order valence-electron chi connectivity index (χ2n) is 9.81. The van der Waals surface area contributed by atoms with Crippen molar-refractivity contribution < 1.29 is 9.13 Å². The Kier molecular flexibility index (Phi) is 7.06. The molecule has 0 spiro atoms. The molecule has 2 aliphatic heterocycles. The molecule has 2 unspecified atom stereocenters. The maximum atomic E-state index is 15.2. The number of hydrogen-bond donors (Lipinski definition) is 1. The molecule has 0 amide bonds. The highest BCUT2D eigenvalue weighted by atomic mass is 32.1. The maximum absolute atomic E-state index is 15.2. The number of allylic oxidation sites excluding steroid dienone is 2. The predicted octanol–water partition coefficient (Wildman–Crippen LogP) is 6.08. The van der Waals surface area contributed by atoms with Crippen LogP contribution in [0.2, 0.25) is 0 Å². The molecule has 0 aliphatic carbocycles. The monoisotopic (exact) mass is 535 g/mol. The van der Waals surface area contributed by atoms with Gasteiger partial charge in [-0.3, -0.25) is 0 Å². The van der Waals surface area contributed by atoms with Gasteiger partial charge in [0.15, 0.2) is 0 Å². The molecule has 2 aliphatic rings. The van der Waals surface area contributed by atoms with E-state index in [4.69, 9.17) is 20.4 Å². The first kappa shape index (κ1) is 25.8. The molecule has 0 bridgehead atoms. The number of anilines is 2. The van der Waals surface area contributed by atoms with Gasteiger partial charge >= 0.3 is 0 Å². The molecule has 2 atom stereocenters. The fourth-order valence-corrected chi connectivity index (χ4v) is 6.88. The molecule has 37 heavy (non-hydrogen) atoms. The second kappa shape index (κ2) is 10.1. The lowest BCUT2D eigenvalue weighted by atomic mass is 9.85. The molecule has 9 heteroatoms. The Morgan fingerprint density at radius 3 is 2.78 bits per heavy atom. The lowest BCUT2D eigenvalue weighted by Crippen LogP contribution is -2.22. The van der Waals surface area contributed by atoms with Gasteiger partial charge in [-0.2, -0.15) is 5.26 Å². The lowest BCUT2D eigenvalue weighted by molar-refractivity contribution is 0.135. The van der Waals surface area contributed by atoms with E-state index in [1.165, 1.54) is 6.08 Å². The van der Waals surface area contributed by atoms with Crippen LogP contribution in [-0.4, -0.2) is 23.1 Å². The van der Waals surface area contributed by atoms with Gasteiger partial charge in [-0.25, -0.2) is 14.4 Å². The SMILES string of the molecule is C/C=C(/F)c1sc(N)c(C#N)c1/C(=C(\C)CC)c1c2c(c3cnc(N4CCC(C)C4)nc3c1P)COC2. The quantitative estimate of drug-likeness (QED) is 0.398. The van der Waals surface area contributed by atoms with Crippen molar-refractivity contribution in [2.75, 3.05) is 23.7 Å². The van der Waals surface area contributed by atoms with Crippen LogP contribution in [0.25, 0.3) is 22.3 Å². The number of fused-ring (bicyclic) bond motifs is 3. The molecular formula is C28H31FN5OPS. The van der Waals surface area contributed by atoms with Gasteiger partial charge in [0, 0.05) is 35.5 Å². The Hall–Kier alpha value is -2.85. The summed E-state index contributed by atoms with van der Waals surface area (Å²) in [5.74, 6) is 0.941. The minimum Gasteiger partial charge on any atom is -0.389 e. The highest BCUT2D eigenvalue weighted by Gasteiger charge is 2.31. The summed E-state index contributed by atoms with van der Waals surface area (Å²) in [6, 6.07) is 2.25. The average molecular weight is 536 g/mol. The van der Waals surface area contributed by atoms with E-state index in [0.717, 1.165) is 87.3 Å². The smallest absolute Gasteiger partial charge is 0.225 e. The van der Waals surface area contributed by atoms with E-state index < -0.39 is 0 Å². The third-order valence-electron chi connectivity index (χ3n) is 7.47. The molecule has 3 aromatic rings. The van der Waals surface area contributed by atoms with Crippen LogP contribution < -0.4 is 15.9 Å². The van der Waals surface area contributed by atoms with E-state index in [-0.39, 0.29) is 5.83 Å². The topological polar surface area (TPSA) is 88.1 Å². The van der Waals surface area contributed by atoms with Crippen molar-refractivity contribution in [3.8, 4) is 6.07 Å². The first-order valence-corrected chi connectivity index (χ1v) is 14.0. The summed E-state index contributed by atoms with van der Waals surface area (Å²) < 4.78 is 21.2. The Balaban J connectivity index is 1.85. The minimum atomic E-state index is -0.388. The Morgan fingerprint density at radius 1 is 1.38 bits per heavy atom. The summed E-state index contributed by atoms with van der Waals surface area (Å²) in [5, 5.41) is 12.3. The molecule has 5 rings (SSSR count). The number of rotatable bonds is 5. The number of nitriles is 1. The van der Waals surface area contributed by atoms with E-state index in [2.05, 4.69) is 34.1 Å². The standard InChI is InChI=1S/C28H31FN5OPS/c1-5-15(4)21(23-16(9-30)27(31)37-26(23)20(29)6-2)22-19-13-35-12-18(19)17-10-32-28(33-24(17)25(22)36)34-8-7-14(3)11-34/h6,10,14H,5,7-8,11-13,31,36H2,1-4H3/b20-6+,21-15+. The van der Waals surface area contributed by atoms with Crippen molar-refractivity contribution >= 4 is 59.1 Å². The first-order chi connectivity index (χ1) is 17.8. The second-order valence-corrected chi connectivity index (χ2v) is 11.4. The number of halogens is 1. The normalized spacial score (nSPS) is 18.4. The molecule has 1 saturated heterocycles. The molecule has 6 nitrogen and oxygen atoms in total. The van der Waals surface area contributed by atoms with Crippen LogP contribution >= 0.6 is 20.6 Å². The van der Waals surface area contributed by atoms with Gasteiger partial charge in [-0.1, -0.05) is 25.5 Å². The van der Waals surface area contributed by atoms with Gasteiger partial charge in [-0.05, 0) is 54.9 Å². The number of hydrogen-bond acceptors (Lipinski definition) is 7. The summed E-state index contributed by atoms with van der Waals surface area (Å²) in [6.45, 7) is 10.8. The van der Waals surface area contributed by atoms with Crippen LogP contribution in [0.4, 0.5) is 15.3 Å². The molecule has 1 fully saturated rings. The molecule has 192 valence electrons. The summed E-state index contributed by atoms with van der Waals surface area (Å²) in [6.07, 6.45) is 5.18. The third-order valence-corrected chi connectivity index (χ3v) is 9.06. The highest BCUT2D eigenvalue weighted by Crippen LogP contribution is 2.46. The van der Waals surface area contributed by atoms with Gasteiger partial charge in [0.25, 0.3) is 0 Å². The van der Waals surface area contributed by atoms with E-state index in [1.54, 1.807) is 6.92 Å². The minimum absolute atomic E-state index is 0.311. The van der Waals surface area contributed by atoms with E-state index in [1.807, 2.05) is 13.1 Å². The van der Waals surface area contributed by atoms with Gasteiger partial charge in [0.2, 0.25) is 5.95 Å². The Bertz CT molecular complexity index is 1520. The molecular weight excluding hydrogens is 504 g/mol. The van der Waals surface area contributed by atoms with E-state index in [9.17, 15) is 5.26 Å². The first-order valence-electron chi connectivity index (χ1n) is 12.6. The van der Waals surface area contributed by atoms with E-state index >= 15 is 4.39 Å². The van der Waals surface area contributed by atoms with Gasteiger partial charge in [0.1, 0.15) is 16.9 Å². The fourth-order valence-electron chi connectivity index (χ4n) is 5.35. The Morgan fingerprint density at radius 2 is 2.14 bits per heavy atom. The predicted molar refractivity (Wildman–Crippen MR) is 154 cm³/mol. The van der Waals surface area contributed by atoms with Crippen LogP contribution in [0.3, 0.4) is 0 Å². The van der Waals surface area contributed by atoms with Crippen LogP contribution in [0.5, 0.6) is 0 Å². The maximum Gasteiger partial charge on any atom is 0.225 e. The number of benzene rings is 1. The van der Waals surface area contributed by atoms with Crippen molar-refractivity contribution in [1.82, 2.24) is 9.97 Å². The summed E-state index contributed by atoms with van der Waals surface area (Å²) in [4.78, 5) is 12.4. The van der Waals surface area contributed by atoms with Crippen LogP contribution in [-0.2, 0) is 18.0 Å². The molecule has 2 N–H and O–H groups in total. The summed E-state index contributed by atoms with van der Waals surface area (Å²) >= 11 is 1.12. The Labute approximate surface area is 223 Å². The van der Waals surface area contributed by atoms with Crippen LogP contribution in [0.15, 0.2) is 17.8 Å². The molecule has 1 aromatic carbocycles. The molecule has 0 saturated carbocycles. The summed E-state index contributed by atoms with van der Waals surface area (Å²) in [5.41, 5.74) is 12.9. The number of thiophene rings is 1. The van der Waals surface area contributed by atoms with Gasteiger partial charge < -0.3 is 15.4 Å². The molecule has 4 heterocycles. The molecule has 0 radical (unpaired) electrons. The fraction of sp³-hybridized carbons (Fsp3) is 0.393. The summed E-state index contributed by atoms with van der Waals surface area (Å²) in [7, 11) is 2.88. The van der Waals surface area contributed by atoms with Crippen molar-refractivity contribution in [3.05, 3.63) is 50.5 Å². The van der Waals surface area contributed by atoms with Crippen molar-refractivity contribution in [2.45, 2.75) is 53.8 Å².